The molecule has 0 unspecified atom stereocenters. The molecule has 3 heteroatoms. The zero-order valence-electron chi connectivity index (χ0n) is 18.7. The van der Waals surface area contributed by atoms with Crippen molar-refractivity contribution < 1.29 is 9.84 Å². The van der Waals surface area contributed by atoms with E-state index in [1.165, 1.54) is 0 Å². The molecule has 0 aromatic heterocycles. The highest BCUT2D eigenvalue weighted by Gasteiger charge is 2.12. The molecule has 0 atom stereocenters. The van der Waals surface area contributed by atoms with E-state index in [0.29, 0.717) is 18.8 Å². The monoisotopic (exact) mass is 415 g/mol. The Kier molecular flexibility index (Phi) is 8.31. The maximum Gasteiger partial charge on any atom is 0.119 e. The zero-order chi connectivity index (χ0) is 22.1. The van der Waals surface area contributed by atoms with Crippen LogP contribution in [0.2, 0.25) is 0 Å². The van der Waals surface area contributed by atoms with E-state index in [2.05, 4.69) is 49.6 Å². The fourth-order valence-corrected chi connectivity index (χ4v) is 3.94. The number of fused-ring (bicyclic) bond motifs is 1. The van der Waals surface area contributed by atoms with Crippen molar-refractivity contribution in [1.82, 2.24) is 4.90 Å². The highest BCUT2D eigenvalue weighted by Crippen LogP contribution is 2.29. The second-order valence-electron chi connectivity index (χ2n) is 7.60. The largest absolute Gasteiger partial charge is 0.508 e. The second kappa shape index (κ2) is 11.4. The Labute approximate surface area is 185 Å². The first-order chi connectivity index (χ1) is 15.2. The third kappa shape index (κ3) is 5.77. The number of phenols is 1. The molecule has 0 saturated carbocycles. The van der Waals surface area contributed by atoms with E-state index in [9.17, 15) is 5.11 Å². The first kappa shape index (κ1) is 22.6. The van der Waals surface area contributed by atoms with Gasteiger partial charge in [-0.15, -0.1) is 0 Å². The van der Waals surface area contributed by atoms with Crippen LogP contribution in [0.4, 0.5) is 0 Å². The van der Waals surface area contributed by atoms with Gasteiger partial charge >= 0.3 is 0 Å². The maximum absolute atomic E-state index is 10.7. The SMILES string of the molecule is C=C/C=c1/cccc/c1=C(\Cc1c(O)ccc2ccccc12)OCCCN(CC)CC. The van der Waals surface area contributed by atoms with Crippen molar-refractivity contribution >= 4 is 22.6 Å². The van der Waals surface area contributed by atoms with Crippen LogP contribution >= 0.6 is 0 Å². The number of aromatic hydroxyl groups is 1. The summed E-state index contributed by atoms with van der Waals surface area (Å²) in [6.07, 6.45) is 5.28. The Bertz CT molecular complexity index is 1130. The fraction of sp³-hybridized carbons (Fsp3) is 0.286. The molecule has 0 fully saturated rings. The Balaban J connectivity index is 2.01. The molecule has 0 saturated heterocycles. The van der Waals surface area contributed by atoms with Crippen LogP contribution in [-0.2, 0) is 11.2 Å². The van der Waals surface area contributed by atoms with E-state index in [4.69, 9.17) is 4.74 Å². The van der Waals surface area contributed by atoms with Gasteiger partial charge in [-0.05, 0) is 41.6 Å². The number of hydrogen-bond acceptors (Lipinski definition) is 3. The van der Waals surface area contributed by atoms with Crippen LogP contribution in [0.15, 0.2) is 73.3 Å². The molecule has 0 aliphatic rings. The van der Waals surface area contributed by atoms with Crippen molar-refractivity contribution in [2.75, 3.05) is 26.2 Å². The van der Waals surface area contributed by atoms with Gasteiger partial charge in [0.2, 0.25) is 0 Å². The number of hydrogen-bond donors (Lipinski definition) is 1. The van der Waals surface area contributed by atoms with E-state index in [0.717, 1.165) is 58.6 Å². The zero-order valence-corrected chi connectivity index (χ0v) is 18.7. The molecule has 0 spiro atoms. The molecule has 31 heavy (non-hydrogen) atoms. The minimum atomic E-state index is 0.299. The lowest BCUT2D eigenvalue weighted by atomic mass is 9.99. The van der Waals surface area contributed by atoms with Crippen LogP contribution in [0.25, 0.3) is 22.6 Å². The van der Waals surface area contributed by atoms with Gasteiger partial charge in [-0.1, -0.05) is 87.2 Å². The number of ether oxygens (including phenoxy) is 1. The van der Waals surface area contributed by atoms with Gasteiger partial charge in [0.05, 0.1) is 6.61 Å². The summed E-state index contributed by atoms with van der Waals surface area (Å²) >= 11 is 0. The van der Waals surface area contributed by atoms with Crippen LogP contribution in [0.5, 0.6) is 5.75 Å². The maximum atomic E-state index is 10.7. The smallest absolute Gasteiger partial charge is 0.119 e. The highest BCUT2D eigenvalue weighted by atomic mass is 16.5. The quantitative estimate of drug-likeness (QED) is 0.491. The fourth-order valence-electron chi connectivity index (χ4n) is 3.94. The molecular formula is C28H33NO2. The van der Waals surface area contributed by atoms with Crippen molar-refractivity contribution in [3.63, 3.8) is 0 Å². The second-order valence-corrected chi connectivity index (χ2v) is 7.60. The summed E-state index contributed by atoms with van der Waals surface area (Å²) in [7, 11) is 0. The summed E-state index contributed by atoms with van der Waals surface area (Å²) in [6.45, 7) is 12.0. The molecule has 1 N–H and O–H groups in total. The van der Waals surface area contributed by atoms with Crippen LogP contribution in [0.3, 0.4) is 0 Å². The third-order valence-corrected chi connectivity index (χ3v) is 5.70. The first-order valence-electron chi connectivity index (χ1n) is 11.1. The summed E-state index contributed by atoms with van der Waals surface area (Å²) in [5.41, 5.74) is 0.894. The lowest BCUT2D eigenvalue weighted by Gasteiger charge is -2.19. The van der Waals surface area contributed by atoms with Gasteiger partial charge in [-0.25, -0.2) is 0 Å². The molecule has 0 amide bonds. The summed E-state index contributed by atoms with van der Waals surface area (Å²) in [5, 5.41) is 15.0. The molecule has 3 rings (SSSR count). The van der Waals surface area contributed by atoms with Gasteiger partial charge < -0.3 is 14.7 Å². The molecule has 0 heterocycles. The number of allylic oxidation sites excluding steroid dienone is 1. The summed E-state index contributed by atoms with van der Waals surface area (Å²) < 4.78 is 6.39. The third-order valence-electron chi connectivity index (χ3n) is 5.70. The molecular weight excluding hydrogens is 382 g/mol. The van der Waals surface area contributed by atoms with E-state index in [-0.39, 0.29) is 0 Å². The van der Waals surface area contributed by atoms with Crippen LogP contribution < -0.4 is 10.4 Å². The van der Waals surface area contributed by atoms with Gasteiger partial charge in [-0.3, -0.25) is 0 Å². The van der Waals surface area contributed by atoms with Crippen molar-refractivity contribution in [2.24, 2.45) is 0 Å². The average Bonchev–Trinajstić information content (AvgIpc) is 2.80. The molecule has 0 aliphatic carbocycles. The van der Waals surface area contributed by atoms with Crippen molar-refractivity contribution in [1.29, 1.82) is 0 Å². The standard InChI is InChI=1S/C28H33NO2/c1-4-12-22-13-8-10-16-25(22)28(31-20-11-19-29(5-2)6-3)21-26-24-15-9-7-14-23(24)17-18-27(26)30/h4,7-10,12-18,30H,1,5-6,11,19-21H2,2-3H3/b22-12-,28-25-. The normalized spacial score (nSPS) is 12.9. The molecule has 0 bridgehead atoms. The minimum Gasteiger partial charge on any atom is -0.508 e. The number of rotatable bonds is 10. The van der Waals surface area contributed by atoms with Crippen molar-refractivity contribution in [2.45, 2.75) is 26.7 Å². The van der Waals surface area contributed by atoms with Gasteiger partial charge in [0.25, 0.3) is 0 Å². The molecule has 162 valence electrons. The van der Waals surface area contributed by atoms with Crippen LogP contribution in [-0.4, -0.2) is 36.2 Å². The van der Waals surface area contributed by atoms with Crippen molar-refractivity contribution in [3.05, 3.63) is 89.3 Å². The number of nitrogens with zero attached hydrogens (tertiary/aromatic N) is 1. The Morgan fingerprint density at radius 1 is 1.00 bits per heavy atom. The van der Waals surface area contributed by atoms with Gasteiger partial charge in [0, 0.05) is 23.7 Å². The van der Waals surface area contributed by atoms with E-state index in [1.807, 2.05) is 36.4 Å². The summed E-state index contributed by atoms with van der Waals surface area (Å²) in [4.78, 5) is 2.40. The topological polar surface area (TPSA) is 32.7 Å². The minimum absolute atomic E-state index is 0.299. The van der Waals surface area contributed by atoms with Crippen LogP contribution in [0, 0.1) is 0 Å². The predicted molar refractivity (Wildman–Crippen MR) is 131 cm³/mol. The molecule has 0 radical (unpaired) electrons. The predicted octanol–water partition coefficient (Wildman–Crippen LogP) is 4.61. The van der Waals surface area contributed by atoms with E-state index < -0.39 is 0 Å². The summed E-state index contributed by atoms with van der Waals surface area (Å²) in [5.74, 6) is 1.17. The molecule has 3 nitrogen and oxygen atoms in total. The highest BCUT2D eigenvalue weighted by molar-refractivity contribution is 5.88. The number of phenolic OH excluding ortho intramolecular Hbond substituents is 1. The Hall–Kier alpha value is -3.04. The Morgan fingerprint density at radius 3 is 2.52 bits per heavy atom. The Morgan fingerprint density at radius 2 is 1.74 bits per heavy atom. The van der Waals surface area contributed by atoms with Crippen molar-refractivity contribution in [3.8, 4) is 5.75 Å². The summed E-state index contributed by atoms with van der Waals surface area (Å²) in [6, 6.07) is 20.1. The number of benzene rings is 3. The van der Waals surface area contributed by atoms with E-state index in [1.54, 1.807) is 12.1 Å². The average molecular weight is 416 g/mol. The van der Waals surface area contributed by atoms with E-state index >= 15 is 0 Å². The lowest BCUT2D eigenvalue weighted by Crippen LogP contribution is -2.29. The van der Waals surface area contributed by atoms with Crippen LogP contribution in [0.1, 0.15) is 25.8 Å². The van der Waals surface area contributed by atoms with Gasteiger partial charge in [-0.2, -0.15) is 0 Å². The van der Waals surface area contributed by atoms with Gasteiger partial charge in [0.1, 0.15) is 11.5 Å². The molecule has 3 aromatic rings. The molecule has 0 aliphatic heterocycles. The lowest BCUT2D eigenvalue weighted by molar-refractivity contribution is 0.222. The first-order valence-corrected chi connectivity index (χ1v) is 11.1. The van der Waals surface area contributed by atoms with Gasteiger partial charge in [0.15, 0.2) is 0 Å². The molecule has 3 aromatic carbocycles.